The molecule has 3 aromatic rings. The second-order valence-electron chi connectivity index (χ2n) is 4.76. The molecule has 0 fully saturated rings. The summed E-state index contributed by atoms with van der Waals surface area (Å²) >= 11 is 0. The maximum absolute atomic E-state index is 11.5. The molecule has 3 heteroatoms. The first-order chi connectivity index (χ1) is 9.66. The standard InChI is InChI=1S/C17H13NO2/c1-11-6-7-14(15(8-11)17(19)20)16-10-18-9-12-4-2-3-5-13(12)16/h2-10H,1H3,(H,19,20). The molecule has 1 heterocycles. The van der Waals surface area contributed by atoms with E-state index in [1.54, 1.807) is 18.5 Å². The van der Waals surface area contributed by atoms with Crippen LogP contribution in [0.1, 0.15) is 15.9 Å². The summed E-state index contributed by atoms with van der Waals surface area (Å²) in [6.07, 6.45) is 3.51. The van der Waals surface area contributed by atoms with E-state index in [-0.39, 0.29) is 0 Å². The van der Waals surface area contributed by atoms with Crippen molar-refractivity contribution in [3.63, 3.8) is 0 Å². The van der Waals surface area contributed by atoms with Crippen LogP contribution in [-0.2, 0) is 0 Å². The third-order valence-electron chi connectivity index (χ3n) is 3.36. The first kappa shape index (κ1) is 12.4. The van der Waals surface area contributed by atoms with Gasteiger partial charge in [-0.15, -0.1) is 0 Å². The molecule has 0 atom stereocenters. The van der Waals surface area contributed by atoms with Crippen LogP contribution in [0.2, 0.25) is 0 Å². The SMILES string of the molecule is Cc1ccc(-c2cncc3ccccc23)c(C(=O)O)c1. The molecule has 0 aliphatic rings. The monoisotopic (exact) mass is 263 g/mol. The number of benzene rings is 2. The zero-order valence-corrected chi connectivity index (χ0v) is 11.0. The molecule has 1 N–H and O–H groups in total. The largest absolute Gasteiger partial charge is 0.478 e. The maximum Gasteiger partial charge on any atom is 0.336 e. The molecular weight excluding hydrogens is 250 g/mol. The number of aromatic carboxylic acids is 1. The van der Waals surface area contributed by atoms with Crippen molar-refractivity contribution in [1.82, 2.24) is 4.98 Å². The summed E-state index contributed by atoms with van der Waals surface area (Å²) in [5.41, 5.74) is 2.79. The number of aryl methyl sites for hydroxylation is 1. The number of hydrogen-bond acceptors (Lipinski definition) is 2. The first-order valence-electron chi connectivity index (χ1n) is 6.34. The summed E-state index contributed by atoms with van der Waals surface area (Å²) in [5.74, 6) is -0.920. The van der Waals surface area contributed by atoms with Crippen LogP contribution in [0.5, 0.6) is 0 Å². The smallest absolute Gasteiger partial charge is 0.336 e. The Balaban J connectivity index is 2.34. The minimum absolute atomic E-state index is 0.308. The van der Waals surface area contributed by atoms with Gasteiger partial charge in [0.1, 0.15) is 0 Å². The fourth-order valence-corrected chi connectivity index (χ4v) is 2.40. The molecule has 0 unspecified atom stereocenters. The highest BCUT2D eigenvalue weighted by molar-refractivity contribution is 6.03. The van der Waals surface area contributed by atoms with Crippen LogP contribution in [-0.4, -0.2) is 16.1 Å². The van der Waals surface area contributed by atoms with Crippen molar-refractivity contribution >= 4 is 16.7 Å². The molecule has 0 aliphatic heterocycles. The lowest BCUT2D eigenvalue weighted by Gasteiger charge is -2.10. The van der Waals surface area contributed by atoms with E-state index in [2.05, 4.69) is 4.98 Å². The Morgan fingerprint density at radius 2 is 1.85 bits per heavy atom. The van der Waals surface area contributed by atoms with Crippen LogP contribution in [0.4, 0.5) is 0 Å². The number of carboxylic acids is 1. The Hall–Kier alpha value is -2.68. The van der Waals surface area contributed by atoms with E-state index < -0.39 is 5.97 Å². The topological polar surface area (TPSA) is 50.2 Å². The summed E-state index contributed by atoms with van der Waals surface area (Å²) in [6.45, 7) is 1.89. The van der Waals surface area contributed by atoms with Crippen molar-refractivity contribution in [3.8, 4) is 11.1 Å². The summed E-state index contributed by atoms with van der Waals surface area (Å²) in [7, 11) is 0. The molecule has 3 rings (SSSR count). The van der Waals surface area contributed by atoms with Gasteiger partial charge in [0, 0.05) is 23.3 Å². The highest BCUT2D eigenvalue weighted by Crippen LogP contribution is 2.30. The summed E-state index contributed by atoms with van der Waals surface area (Å²) in [4.78, 5) is 15.7. The lowest BCUT2D eigenvalue weighted by Crippen LogP contribution is -2.00. The Bertz CT molecular complexity index is 804. The number of hydrogen-bond donors (Lipinski definition) is 1. The molecule has 0 aliphatic carbocycles. The van der Waals surface area contributed by atoms with Gasteiger partial charge in [0.25, 0.3) is 0 Å². The minimum Gasteiger partial charge on any atom is -0.478 e. The van der Waals surface area contributed by atoms with Crippen LogP contribution >= 0.6 is 0 Å². The lowest BCUT2D eigenvalue weighted by molar-refractivity contribution is 0.0697. The second-order valence-corrected chi connectivity index (χ2v) is 4.76. The molecular formula is C17H13NO2. The van der Waals surface area contributed by atoms with Gasteiger partial charge in [0.2, 0.25) is 0 Å². The van der Waals surface area contributed by atoms with Gasteiger partial charge in [0.05, 0.1) is 5.56 Å². The van der Waals surface area contributed by atoms with Gasteiger partial charge in [-0.3, -0.25) is 4.98 Å². The fourth-order valence-electron chi connectivity index (χ4n) is 2.40. The predicted octanol–water partition coefficient (Wildman–Crippen LogP) is 3.91. The maximum atomic E-state index is 11.5. The quantitative estimate of drug-likeness (QED) is 0.762. The highest BCUT2D eigenvalue weighted by Gasteiger charge is 2.14. The van der Waals surface area contributed by atoms with E-state index in [1.807, 2.05) is 43.3 Å². The molecule has 0 spiro atoms. The van der Waals surface area contributed by atoms with Crippen LogP contribution in [0.15, 0.2) is 54.9 Å². The molecule has 0 saturated heterocycles. The number of fused-ring (bicyclic) bond motifs is 1. The average Bonchev–Trinajstić information content (AvgIpc) is 2.46. The zero-order valence-electron chi connectivity index (χ0n) is 11.0. The van der Waals surface area contributed by atoms with Gasteiger partial charge in [-0.2, -0.15) is 0 Å². The summed E-state index contributed by atoms with van der Waals surface area (Å²) in [6, 6.07) is 13.3. The zero-order chi connectivity index (χ0) is 14.1. The molecule has 0 bridgehead atoms. The van der Waals surface area contributed by atoms with Gasteiger partial charge in [0.15, 0.2) is 0 Å². The van der Waals surface area contributed by atoms with Crippen molar-refractivity contribution in [1.29, 1.82) is 0 Å². The Morgan fingerprint density at radius 3 is 2.65 bits per heavy atom. The Kier molecular flexibility index (Phi) is 2.95. The molecule has 3 nitrogen and oxygen atoms in total. The normalized spacial score (nSPS) is 10.7. The van der Waals surface area contributed by atoms with Crippen molar-refractivity contribution in [2.75, 3.05) is 0 Å². The molecule has 1 aromatic heterocycles. The van der Waals surface area contributed by atoms with Gasteiger partial charge < -0.3 is 5.11 Å². The van der Waals surface area contributed by atoms with Crippen molar-refractivity contribution in [2.45, 2.75) is 6.92 Å². The van der Waals surface area contributed by atoms with Crippen molar-refractivity contribution in [2.24, 2.45) is 0 Å². The Labute approximate surface area is 116 Å². The third-order valence-corrected chi connectivity index (χ3v) is 3.36. The fraction of sp³-hybridized carbons (Fsp3) is 0.0588. The van der Waals surface area contributed by atoms with Gasteiger partial charge in [-0.05, 0) is 23.9 Å². The van der Waals surface area contributed by atoms with Crippen LogP contribution in [0.25, 0.3) is 21.9 Å². The molecule has 2 aromatic carbocycles. The van der Waals surface area contributed by atoms with E-state index in [1.165, 1.54) is 0 Å². The lowest BCUT2D eigenvalue weighted by atomic mass is 9.95. The van der Waals surface area contributed by atoms with E-state index >= 15 is 0 Å². The number of pyridine rings is 1. The van der Waals surface area contributed by atoms with Gasteiger partial charge in [-0.25, -0.2) is 4.79 Å². The van der Waals surface area contributed by atoms with Crippen LogP contribution in [0, 0.1) is 6.92 Å². The molecule has 0 saturated carbocycles. The van der Waals surface area contributed by atoms with Crippen molar-refractivity contribution in [3.05, 3.63) is 66.0 Å². The molecule has 0 amide bonds. The highest BCUT2D eigenvalue weighted by atomic mass is 16.4. The number of carboxylic acid groups (broad SMARTS) is 1. The number of carbonyl (C=O) groups is 1. The minimum atomic E-state index is -0.920. The van der Waals surface area contributed by atoms with Crippen LogP contribution < -0.4 is 0 Å². The van der Waals surface area contributed by atoms with Crippen molar-refractivity contribution < 1.29 is 9.90 Å². The van der Waals surface area contributed by atoms with E-state index in [4.69, 9.17) is 0 Å². The number of rotatable bonds is 2. The van der Waals surface area contributed by atoms with Crippen LogP contribution in [0.3, 0.4) is 0 Å². The van der Waals surface area contributed by atoms with E-state index in [0.29, 0.717) is 11.1 Å². The molecule has 20 heavy (non-hydrogen) atoms. The molecule has 98 valence electrons. The van der Waals surface area contributed by atoms with Gasteiger partial charge >= 0.3 is 5.97 Å². The number of aromatic nitrogens is 1. The predicted molar refractivity (Wildman–Crippen MR) is 78.9 cm³/mol. The first-order valence-corrected chi connectivity index (χ1v) is 6.34. The van der Waals surface area contributed by atoms with E-state index in [0.717, 1.165) is 21.9 Å². The van der Waals surface area contributed by atoms with E-state index in [9.17, 15) is 9.90 Å². The third kappa shape index (κ3) is 2.03. The number of nitrogens with zero attached hydrogens (tertiary/aromatic N) is 1. The second kappa shape index (κ2) is 4.78. The van der Waals surface area contributed by atoms with Gasteiger partial charge in [-0.1, -0.05) is 42.0 Å². The average molecular weight is 263 g/mol. The Morgan fingerprint density at radius 1 is 1.05 bits per heavy atom. The molecule has 0 radical (unpaired) electrons. The summed E-state index contributed by atoms with van der Waals surface area (Å²) < 4.78 is 0. The summed E-state index contributed by atoms with van der Waals surface area (Å²) in [5, 5.41) is 11.4.